The number of amides is 1. The molecule has 1 aliphatic heterocycles. The first-order chi connectivity index (χ1) is 18.7. The van der Waals surface area contributed by atoms with Crippen LogP contribution in [0, 0.1) is 24.2 Å². The number of imidazole rings is 1. The number of rotatable bonds is 5. The number of hydrogen-bond donors (Lipinski definition) is 3. The Balaban J connectivity index is 1.32. The molecule has 2 heterocycles. The van der Waals surface area contributed by atoms with Crippen molar-refractivity contribution in [2.45, 2.75) is 24.8 Å². The number of aromatic nitrogens is 2. The number of allylic oxidation sites excluding steroid dienone is 1. The highest BCUT2D eigenvalue weighted by molar-refractivity contribution is 7.18. The minimum absolute atomic E-state index is 0.0390. The third kappa shape index (κ3) is 6.02. The van der Waals surface area contributed by atoms with Crippen LogP contribution in [0.15, 0.2) is 48.7 Å². The molecular weight excluding hydrogens is 510 g/mol. The predicted molar refractivity (Wildman–Crippen MR) is 157 cm³/mol. The molecule has 1 aromatic heterocycles. The summed E-state index contributed by atoms with van der Waals surface area (Å²) in [4.78, 5) is 25.1. The van der Waals surface area contributed by atoms with Crippen LogP contribution < -0.4 is 5.32 Å². The molecule has 0 bridgehead atoms. The summed E-state index contributed by atoms with van der Waals surface area (Å²) in [7, 11) is 4.50. The fourth-order valence-corrected chi connectivity index (χ4v) is 5.58. The summed E-state index contributed by atoms with van der Waals surface area (Å²) in [5.41, 5.74) is 4.97. The van der Waals surface area contributed by atoms with Crippen LogP contribution in [0.4, 0.5) is 10.1 Å². The van der Waals surface area contributed by atoms with Gasteiger partial charge in [-0.25, -0.2) is 9.37 Å². The van der Waals surface area contributed by atoms with E-state index < -0.39 is 5.41 Å². The summed E-state index contributed by atoms with van der Waals surface area (Å²) < 4.78 is 15.7. The number of hydrogen-bond acceptors (Lipinski definition) is 5. The maximum Gasteiger partial charge on any atom is 0.255 e. The van der Waals surface area contributed by atoms with E-state index >= 15 is 4.39 Å². The lowest BCUT2D eigenvalue weighted by atomic mass is 10.0. The number of H-pyrrole nitrogens is 1. The van der Waals surface area contributed by atoms with E-state index in [0.717, 1.165) is 42.9 Å². The fourth-order valence-electron chi connectivity index (χ4n) is 5.11. The molecule has 3 atom stereocenters. The quantitative estimate of drug-likeness (QED) is 0.247. The molecule has 1 saturated heterocycles. The number of nitrogens with zero attached hydrogens (tertiary/aromatic N) is 3. The van der Waals surface area contributed by atoms with Crippen LogP contribution >= 0.6 is 9.24 Å². The Morgan fingerprint density at radius 1 is 1.23 bits per heavy atom. The highest BCUT2D eigenvalue weighted by Crippen LogP contribution is 2.53. The molecule has 2 aromatic carbocycles. The molecule has 1 aliphatic carbocycles. The van der Waals surface area contributed by atoms with Crippen molar-refractivity contribution in [3.05, 3.63) is 88.0 Å². The van der Waals surface area contributed by atoms with Gasteiger partial charge in [0.15, 0.2) is 5.41 Å². The Kier molecular flexibility index (Phi) is 7.76. The lowest BCUT2D eigenvalue weighted by Gasteiger charge is -2.37. The second-order valence-electron chi connectivity index (χ2n) is 10.2. The summed E-state index contributed by atoms with van der Waals surface area (Å²) in [6.07, 6.45) is 6.45. The van der Waals surface area contributed by atoms with Gasteiger partial charge in [-0.15, -0.1) is 0 Å². The van der Waals surface area contributed by atoms with Gasteiger partial charge >= 0.3 is 0 Å². The summed E-state index contributed by atoms with van der Waals surface area (Å²) >= 11 is 0. The molecule has 2 aliphatic rings. The first-order valence-electron chi connectivity index (χ1n) is 12.9. The number of piperazine rings is 1. The van der Waals surface area contributed by atoms with Crippen LogP contribution in [-0.4, -0.2) is 65.1 Å². The topological polar surface area (TPSA) is 88.1 Å². The van der Waals surface area contributed by atoms with Gasteiger partial charge in [0.1, 0.15) is 11.5 Å². The number of fused-ring (bicyclic) bond motifs is 1. The van der Waals surface area contributed by atoms with Crippen LogP contribution in [0.2, 0.25) is 0 Å². The van der Waals surface area contributed by atoms with Crippen LogP contribution in [0.25, 0.3) is 6.08 Å². The van der Waals surface area contributed by atoms with E-state index in [2.05, 4.69) is 53.2 Å². The van der Waals surface area contributed by atoms with E-state index in [1.165, 1.54) is 6.21 Å². The lowest BCUT2D eigenvalue weighted by molar-refractivity contribution is 0.0971. The number of carbonyl (C=O) groups is 1. The summed E-state index contributed by atoms with van der Waals surface area (Å²) in [5.74, 6) is 6.49. The van der Waals surface area contributed by atoms with Gasteiger partial charge in [0, 0.05) is 61.7 Å². The number of alkyl halides is 1. The number of likely N-dealkylation sites (N-methyl/N-ethyl adjacent to an activating group) is 1. The minimum Gasteiger partial charge on any atom is -0.332 e. The third-order valence-electron chi connectivity index (χ3n) is 7.36. The van der Waals surface area contributed by atoms with E-state index in [-0.39, 0.29) is 11.9 Å². The molecule has 39 heavy (non-hydrogen) atoms. The molecule has 200 valence electrons. The van der Waals surface area contributed by atoms with E-state index in [4.69, 9.17) is 5.41 Å². The Morgan fingerprint density at radius 3 is 2.79 bits per heavy atom. The zero-order valence-electron chi connectivity index (χ0n) is 22.1. The first-order valence-corrected chi connectivity index (χ1v) is 13.5. The van der Waals surface area contributed by atoms with Crippen LogP contribution in [-0.2, 0) is 5.41 Å². The van der Waals surface area contributed by atoms with Gasteiger partial charge in [0.25, 0.3) is 5.91 Å². The summed E-state index contributed by atoms with van der Waals surface area (Å²) in [6, 6.07) is 11.0. The summed E-state index contributed by atoms with van der Waals surface area (Å²) in [6.45, 7) is 5.73. The molecule has 0 saturated carbocycles. The second-order valence-corrected chi connectivity index (χ2v) is 11.1. The normalized spacial score (nSPS) is 21.4. The molecule has 1 amide bonds. The van der Waals surface area contributed by atoms with E-state index in [0.29, 0.717) is 34.8 Å². The Bertz CT molecular complexity index is 1490. The average molecular weight is 543 g/mol. The number of aryl methyl sites for hydroxylation is 1. The van der Waals surface area contributed by atoms with Crippen molar-refractivity contribution in [2.75, 3.05) is 38.5 Å². The molecule has 3 unspecified atom stereocenters. The SMILES string of the molecule is Cc1ccc(C(=O)Nc2ccc3c(c2)C(F)(P)CC3N2CCN(C)CC2)cc1C#Cc1cnc(/C=C\C=N)[nH]1. The molecule has 3 aromatic rings. The standard InChI is InChI=1S/C30H32FN6OP/c1-20-5-6-22(16-21(20)7-8-24-19-33-28(34-24)4-3-11-32)29(38)35-23-9-10-25-26(17-23)30(31,39)18-27(25)37-14-12-36(2)13-15-37/h3-6,9-11,16-17,19,27,32H,12-15,18,39H2,1-2H3,(H,33,34)(H,35,38)/b4-3-,32-11?. The number of carbonyl (C=O) groups excluding carboxylic acids is 1. The smallest absolute Gasteiger partial charge is 0.255 e. The maximum absolute atomic E-state index is 15.7. The van der Waals surface area contributed by atoms with Crippen molar-refractivity contribution in [1.29, 1.82) is 5.41 Å². The molecule has 0 spiro atoms. The zero-order chi connectivity index (χ0) is 27.6. The first kappa shape index (κ1) is 27.0. The number of benzene rings is 2. The van der Waals surface area contributed by atoms with E-state index in [1.807, 2.05) is 25.1 Å². The van der Waals surface area contributed by atoms with E-state index in [1.54, 1.807) is 36.5 Å². The molecule has 3 N–H and O–H groups in total. The van der Waals surface area contributed by atoms with Crippen molar-refractivity contribution >= 4 is 33.1 Å². The lowest BCUT2D eigenvalue weighted by Crippen LogP contribution is -2.45. The van der Waals surface area contributed by atoms with Gasteiger partial charge in [-0.2, -0.15) is 0 Å². The number of halogens is 1. The van der Waals surface area contributed by atoms with Gasteiger partial charge < -0.3 is 20.6 Å². The Labute approximate surface area is 230 Å². The molecule has 7 nitrogen and oxygen atoms in total. The van der Waals surface area contributed by atoms with Gasteiger partial charge in [0.2, 0.25) is 0 Å². The highest BCUT2D eigenvalue weighted by Gasteiger charge is 2.43. The van der Waals surface area contributed by atoms with Crippen LogP contribution in [0.5, 0.6) is 0 Å². The third-order valence-corrected chi connectivity index (χ3v) is 7.91. The Morgan fingerprint density at radius 2 is 2.03 bits per heavy atom. The fraction of sp³-hybridized carbons (Fsp3) is 0.300. The molecule has 0 radical (unpaired) electrons. The highest BCUT2D eigenvalue weighted by atomic mass is 31.0. The summed E-state index contributed by atoms with van der Waals surface area (Å²) in [5, 5.41) is 8.48. The van der Waals surface area contributed by atoms with Gasteiger partial charge in [-0.05, 0) is 73.0 Å². The number of aromatic amines is 1. The maximum atomic E-state index is 15.7. The molecule has 9 heteroatoms. The number of nitrogens with one attached hydrogen (secondary N) is 3. The van der Waals surface area contributed by atoms with Gasteiger partial charge in [-0.1, -0.05) is 27.3 Å². The molecule has 1 fully saturated rings. The van der Waals surface area contributed by atoms with Crippen LogP contribution in [0.3, 0.4) is 0 Å². The van der Waals surface area contributed by atoms with Crippen molar-refractivity contribution in [2.24, 2.45) is 0 Å². The van der Waals surface area contributed by atoms with Gasteiger partial charge in [0.05, 0.1) is 6.20 Å². The van der Waals surface area contributed by atoms with Gasteiger partial charge in [-0.3, -0.25) is 9.69 Å². The second kappa shape index (κ2) is 11.2. The number of anilines is 1. The van der Waals surface area contributed by atoms with Crippen molar-refractivity contribution in [3.8, 4) is 11.8 Å². The largest absolute Gasteiger partial charge is 0.332 e. The van der Waals surface area contributed by atoms with Crippen LogP contribution in [0.1, 0.15) is 56.6 Å². The Hall–Kier alpha value is -3.63. The van der Waals surface area contributed by atoms with Crippen molar-refractivity contribution in [1.82, 2.24) is 19.8 Å². The zero-order valence-corrected chi connectivity index (χ0v) is 23.2. The monoisotopic (exact) mass is 542 g/mol. The molecular formula is C30H32FN6OP. The molecule has 5 rings (SSSR count). The van der Waals surface area contributed by atoms with Crippen molar-refractivity contribution < 1.29 is 9.18 Å². The predicted octanol–water partition coefficient (Wildman–Crippen LogP) is 4.72. The minimum atomic E-state index is -1.53. The average Bonchev–Trinajstić information content (AvgIpc) is 3.48. The van der Waals surface area contributed by atoms with Crippen molar-refractivity contribution in [3.63, 3.8) is 0 Å². The van der Waals surface area contributed by atoms with E-state index in [9.17, 15) is 4.79 Å².